The Bertz CT molecular complexity index is 1190. The average molecular weight is 429 g/mol. The average Bonchev–Trinajstić information content (AvgIpc) is 3.34. The number of non-ortho nitro benzene ring substituents is 1. The molecule has 10 heteroatoms. The molecular weight excluding hydrogens is 416 g/mol. The SMILES string of the molecule is N#Cc1c(NC(=S)NC(=O)c2cc3cc([N+](=O)[O-])ccc3s2)sc2c1CCC2. The smallest absolute Gasteiger partial charge is 0.270 e. The number of nitro benzene ring substituents is 1. The van der Waals surface area contributed by atoms with Gasteiger partial charge in [-0.3, -0.25) is 20.2 Å². The van der Waals surface area contributed by atoms with Gasteiger partial charge in [0.2, 0.25) is 0 Å². The molecule has 0 bridgehead atoms. The number of carbonyl (C=O) groups is 1. The van der Waals surface area contributed by atoms with E-state index in [1.165, 1.54) is 39.7 Å². The number of hydrogen-bond donors (Lipinski definition) is 2. The highest BCUT2D eigenvalue weighted by molar-refractivity contribution is 7.80. The maximum absolute atomic E-state index is 12.5. The number of anilines is 1. The van der Waals surface area contributed by atoms with Crippen LogP contribution >= 0.6 is 34.9 Å². The Hall–Kier alpha value is -2.87. The molecule has 0 fully saturated rings. The number of rotatable bonds is 3. The Morgan fingerprint density at radius 2 is 2.11 bits per heavy atom. The Morgan fingerprint density at radius 1 is 1.29 bits per heavy atom. The predicted molar refractivity (Wildman–Crippen MR) is 113 cm³/mol. The lowest BCUT2D eigenvalue weighted by Crippen LogP contribution is -2.33. The number of nitrogens with zero attached hydrogens (tertiary/aromatic N) is 2. The fraction of sp³-hybridized carbons (Fsp3) is 0.167. The maximum Gasteiger partial charge on any atom is 0.270 e. The third-order valence-corrected chi connectivity index (χ3v) is 6.95. The highest BCUT2D eigenvalue weighted by Crippen LogP contribution is 2.38. The van der Waals surface area contributed by atoms with Crippen LogP contribution in [-0.4, -0.2) is 15.9 Å². The zero-order valence-corrected chi connectivity index (χ0v) is 16.7. The molecule has 1 aliphatic carbocycles. The lowest BCUT2D eigenvalue weighted by atomic mass is 10.1. The second kappa shape index (κ2) is 7.27. The minimum absolute atomic E-state index is 0.0239. The standard InChI is InChI=1S/C18H12N4O3S3/c19-8-12-11-2-1-3-14(11)28-17(12)21-18(26)20-16(23)15-7-9-6-10(22(24)25)4-5-13(9)27-15/h4-7H,1-3H2,(H2,20,21,23,26). The fourth-order valence-corrected chi connectivity index (χ4v) is 5.61. The number of carbonyl (C=O) groups excluding carboxylic acids is 1. The van der Waals surface area contributed by atoms with Crippen LogP contribution in [0, 0.1) is 21.4 Å². The summed E-state index contributed by atoms with van der Waals surface area (Å²) in [5.74, 6) is -0.399. The minimum atomic E-state index is -0.471. The Balaban J connectivity index is 1.49. The molecule has 0 spiro atoms. The van der Waals surface area contributed by atoms with Crippen LogP contribution in [0.25, 0.3) is 10.1 Å². The van der Waals surface area contributed by atoms with Gasteiger partial charge in [0.05, 0.1) is 15.4 Å². The van der Waals surface area contributed by atoms with Crippen LogP contribution in [0.4, 0.5) is 10.7 Å². The van der Waals surface area contributed by atoms with Crippen molar-refractivity contribution < 1.29 is 9.72 Å². The summed E-state index contributed by atoms with van der Waals surface area (Å²) in [4.78, 5) is 24.5. The molecule has 2 N–H and O–H groups in total. The van der Waals surface area contributed by atoms with Crippen LogP contribution in [0.3, 0.4) is 0 Å². The van der Waals surface area contributed by atoms with Crippen molar-refractivity contribution in [2.24, 2.45) is 0 Å². The molecule has 2 heterocycles. The van der Waals surface area contributed by atoms with Gasteiger partial charge in [0.15, 0.2) is 5.11 Å². The summed E-state index contributed by atoms with van der Waals surface area (Å²) in [7, 11) is 0. The highest BCUT2D eigenvalue weighted by Gasteiger charge is 2.23. The molecule has 0 atom stereocenters. The van der Waals surface area contributed by atoms with Gasteiger partial charge in [0.1, 0.15) is 11.1 Å². The largest absolute Gasteiger partial charge is 0.323 e. The van der Waals surface area contributed by atoms with E-state index in [2.05, 4.69) is 16.7 Å². The molecule has 0 unspecified atom stereocenters. The number of aryl methyl sites for hydroxylation is 1. The summed E-state index contributed by atoms with van der Waals surface area (Å²) in [6.45, 7) is 0. The first-order chi connectivity index (χ1) is 13.5. The van der Waals surface area contributed by atoms with Crippen LogP contribution in [0.1, 0.15) is 32.1 Å². The molecule has 28 heavy (non-hydrogen) atoms. The third-order valence-electron chi connectivity index (χ3n) is 4.42. The lowest BCUT2D eigenvalue weighted by molar-refractivity contribution is -0.384. The number of benzene rings is 1. The Kier molecular flexibility index (Phi) is 4.80. The summed E-state index contributed by atoms with van der Waals surface area (Å²) in [6, 6.07) is 8.29. The van der Waals surface area contributed by atoms with E-state index in [1.54, 1.807) is 12.1 Å². The molecule has 7 nitrogen and oxygen atoms in total. The normalized spacial score (nSPS) is 12.4. The monoisotopic (exact) mass is 428 g/mol. The number of thiocarbonyl (C=S) groups is 1. The second-order valence-electron chi connectivity index (χ2n) is 6.17. The van der Waals surface area contributed by atoms with Gasteiger partial charge < -0.3 is 5.32 Å². The Labute approximate surface area is 172 Å². The van der Waals surface area contributed by atoms with Crippen LogP contribution in [0.5, 0.6) is 0 Å². The molecule has 2 aromatic heterocycles. The summed E-state index contributed by atoms with van der Waals surface area (Å²) in [6.07, 6.45) is 2.91. The lowest BCUT2D eigenvalue weighted by Gasteiger charge is -2.07. The Morgan fingerprint density at radius 3 is 2.86 bits per heavy atom. The zero-order valence-electron chi connectivity index (χ0n) is 14.3. The van der Waals surface area contributed by atoms with Crippen LogP contribution in [-0.2, 0) is 12.8 Å². The summed E-state index contributed by atoms with van der Waals surface area (Å²) < 4.78 is 0.774. The molecule has 1 aromatic carbocycles. The highest BCUT2D eigenvalue weighted by atomic mass is 32.1. The van der Waals surface area contributed by atoms with Gasteiger partial charge >= 0.3 is 0 Å². The van der Waals surface area contributed by atoms with E-state index in [0.717, 1.165) is 29.5 Å². The number of amides is 1. The van der Waals surface area contributed by atoms with Crippen molar-refractivity contribution in [3.8, 4) is 6.07 Å². The van der Waals surface area contributed by atoms with E-state index in [4.69, 9.17) is 12.2 Å². The van der Waals surface area contributed by atoms with Crippen molar-refractivity contribution >= 4 is 66.7 Å². The van der Waals surface area contributed by atoms with E-state index >= 15 is 0 Å². The summed E-state index contributed by atoms with van der Waals surface area (Å²) in [5.41, 5.74) is 1.66. The van der Waals surface area contributed by atoms with Gasteiger partial charge in [-0.25, -0.2) is 0 Å². The number of nitriles is 1. The van der Waals surface area contributed by atoms with Crippen LogP contribution < -0.4 is 10.6 Å². The predicted octanol–water partition coefficient (Wildman–Crippen LogP) is 4.36. The second-order valence-corrected chi connectivity index (χ2v) is 8.77. The van der Waals surface area contributed by atoms with Crippen molar-refractivity contribution in [1.82, 2.24) is 5.32 Å². The molecule has 0 saturated heterocycles. The summed E-state index contributed by atoms with van der Waals surface area (Å²) >= 11 is 7.96. The number of hydrogen-bond acceptors (Lipinski definition) is 7. The summed E-state index contributed by atoms with van der Waals surface area (Å²) in [5, 5.41) is 27.3. The van der Waals surface area contributed by atoms with E-state index in [-0.39, 0.29) is 10.8 Å². The molecule has 0 aliphatic heterocycles. The first kappa shape index (κ1) is 18.5. The zero-order chi connectivity index (χ0) is 19.8. The molecular formula is C18H12N4O3S3. The van der Waals surface area contributed by atoms with Crippen molar-refractivity contribution in [3.63, 3.8) is 0 Å². The molecule has 0 saturated carbocycles. The van der Waals surface area contributed by atoms with E-state index in [0.29, 0.717) is 20.8 Å². The molecule has 140 valence electrons. The molecule has 1 aliphatic rings. The first-order valence-corrected chi connectivity index (χ1v) is 10.4. The van der Waals surface area contributed by atoms with Gasteiger partial charge in [-0.1, -0.05) is 0 Å². The van der Waals surface area contributed by atoms with E-state index in [9.17, 15) is 20.2 Å². The number of nitrogens with one attached hydrogen (secondary N) is 2. The van der Waals surface area contributed by atoms with Gasteiger partial charge in [0.25, 0.3) is 11.6 Å². The fourth-order valence-electron chi connectivity index (χ4n) is 3.17. The topological polar surface area (TPSA) is 108 Å². The van der Waals surface area contributed by atoms with E-state index < -0.39 is 10.8 Å². The van der Waals surface area contributed by atoms with Crippen molar-refractivity contribution in [3.05, 3.63) is 55.3 Å². The van der Waals surface area contributed by atoms with Crippen LogP contribution in [0.15, 0.2) is 24.3 Å². The van der Waals surface area contributed by atoms with E-state index in [1.807, 2.05) is 0 Å². The molecule has 0 radical (unpaired) electrons. The molecule has 3 aromatic rings. The van der Waals surface area contributed by atoms with Gasteiger partial charge in [-0.05, 0) is 49.2 Å². The third kappa shape index (κ3) is 3.35. The van der Waals surface area contributed by atoms with Gasteiger partial charge in [-0.15, -0.1) is 22.7 Å². The van der Waals surface area contributed by atoms with Crippen molar-refractivity contribution in [2.75, 3.05) is 5.32 Å². The maximum atomic E-state index is 12.5. The minimum Gasteiger partial charge on any atom is -0.323 e. The molecule has 4 rings (SSSR count). The van der Waals surface area contributed by atoms with Gasteiger partial charge in [-0.2, -0.15) is 5.26 Å². The van der Waals surface area contributed by atoms with Crippen molar-refractivity contribution in [1.29, 1.82) is 5.26 Å². The first-order valence-electron chi connectivity index (χ1n) is 8.31. The number of fused-ring (bicyclic) bond motifs is 2. The van der Waals surface area contributed by atoms with Crippen molar-refractivity contribution in [2.45, 2.75) is 19.3 Å². The quantitative estimate of drug-likeness (QED) is 0.365. The number of nitro groups is 1. The van der Waals surface area contributed by atoms with Gasteiger partial charge in [0, 0.05) is 27.1 Å². The molecule has 1 amide bonds. The number of thiophene rings is 2. The van der Waals surface area contributed by atoms with Crippen LogP contribution in [0.2, 0.25) is 0 Å².